The van der Waals surface area contributed by atoms with Gasteiger partial charge >= 0.3 is 0 Å². The van der Waals surface area contributed by atoms with Gasteiger partial charge in [-0.3, -0.25) is 0 Å². The number of hydrogen-bond donors (Lipinski definition) is 1. The molecule has 1 aromatic carbocycles. The number of hydrogen-bond acceptors (Lipinski definition) is 3. The molecular formula is C12H16BrFN2O2S. The average Bonchev–Trinajstić information content (AvgIpc) is 2.72. The number of likely N-dealkylation sites (tertiary alicyclic amines) is 1. The van der Waals surface area contributed by atoms with E-state index in [1.807, 2.05) is 7.05 Å². The van der Waals surface area contributed by atoms with E-state index < -0.39 is 15.8 Å². The van der Waals surface area contributed by atoms with Gasteiger partial charge in [0.25, 0.3) is 0 Å². The summed E-state index contributed by atoms with van der Waals surface area (Å²) in [5, 5.41) is 0. The molecule has 0 amide bonds. The molecule has 1 aliphatic heterocycles. The van der Waals surface area contributed by atoms with Gasteiger partial charge < -0.3 is 4.90 Å². The fourth-order valence-corrected chi connectivity index (χ4v) is 4.35. The second kappa shape index (κ2) is 5.87. The van der Waals surface area contributed by atoms with E-state index in [1.54, 1.807) is 0 Å². The summed E-state index contributed by atoms with van der Waals surface area (Å²) in [7, 11) is -1.58. The van der Waals surface area contributed by atoms with Crippen LogP contribution < -0.4 is 4.72 Å². The van der Waals surface area contributed by atoms with Crippen molar-refractivity contribution >= 4 is 26.0 Å². The van der Waals surface area contributed by atoms with E-state index in [-0.39, 0.29) is 9.37 Å². The van der Waals surface area contributed by atoms with Gasteiger partial charge in [-0.15, -0.1) is 0 Å². The van der Waals surface area contributed by atoms with Crippen molar-refractivity contribution in [2.24, 2.45) is 5.92 Å². The fraction of sp³-hybridized carbons (Fsp3) is 0.500. The van der Waals surface area contributed by atoms with E-state index >= 15 is 0 Å². The van der Waals surface area contributed by atoms with Crippen molar-refractivity contribution in [2.75, 3.05) is 26.7 Å². The molecule has 2 rings (SSSR count). The molecule has 0 bridgehead atoms. The molecule has 1 fully saturated rings. The highest BCUT2D eigenvalue weighted by molar-refractivity contribution is 9.10. The number of nitrogens with one attached hydrogen (secondary N) is 1. The summed E-state index contributed by atoms with van der Waals surface area (Å²) in [4.78, 5) is 2.24. The van der Waals surface area contributed by atoms with Crippen LogP contribution in [0.25, 0.3) is 0 Å². The minimum absolute atomic E-state index is 0.0697. The molecule has 0 saturated carbocycles. The van der Waals surface area contributed by atoms with E-state index in [0.29, 0.717) is 12.5 Å². The second-order valence-corrected chi connectivity index (χ2v) is 7.43. The second-order valence-electron chi connectivity index (χ2n) is 4.84. The summed E-state index contributed by atoms with van der Waals surface area (Å²) in [6.07, 6.45) is 0.990. The predicted octanol–water partition coefficient (Wildman–Crippen LogP) is 1.82. The molecular weight excluding hydrogens is 335 g/mol. The maximum absolute atomic E-state index is 13.0. The smallest absolute Gasteiger partial charge is 0.241 e. The molecule has 1 saturated heterocycles. The van der Waals surface area contributed by atoms with Gasteiger partial charge in [0.1, 0.15) is 5.82 Å². The first kappa shape index (κ1) is 14.9. The third kappa shape index (κ3) is 3.75. The van der Waals surface area contributed by atoms with E-state index in [4.69, 9.17) is 0 Å². The van der Waals surface area contributed by atoms with Gasteiger partial charge in [-0.05, 0) is 60.1 Å². The van der Waals surface area contributed by atoms with E-state index in [1.165, 1.54) is 6.07 Å². The van der Waals surface area contributed by atoms with Crippen LogP contribution in [-0.2, 0) is 10.0 Å². The molecule has 1 aromatic rings. The monoisotopic (exact) mass is 350 g/mol. The molecule has 1 heterocycles. The van der Waals surface area contributed by atoms with Crippen LogP contribution in [0.15, 0.2) is 27.6 Å². The Morgan fingerprint density at radius 2 is 2.26 bits per heavy atom. The molecule has 0 aliphatic carbocycles. The summed E-state index contributed by atoms with van der Waals surface area (Å²) < 4.78 is 40.0. The molecule has 0 spiro atoms. The normalized spacial score (nSPS) is 20.9. The Labute approximate surface area is 121 Å². The maximum Gasteiger partial charge on any atom is 0.241 e. The molecule has 1 aliphatic rings. The average molecular weight is 351 g/mol. The largest absolute Gasteiger partial charge is 0.306 e. The topological polar surface area (TPSA) is 49.4 Å². The first-order valence-electron chi connectivity index (χ1n) is 6.02. The van der Waals surface area contributed by atoms with Gasteiger partial charge in [0, 0.05) is 17.6 Å². The highest BCUT2D eigenvalue weighted by atomic mass is 79.9. The standard InChI is InChI=1S/C12H16BrFN2O2S/c1-16-5-4-9(8-16)7-15-19(17,18)12-3-2-10(14)6-11(12)13/h2-3,6,9,15H,4-5,7-8H2,1H3. The Morgan fingerprint density at radius 3 is 2.84 bits per heavy atom. The van der Waals surface area contributed by atoms with Gasteiger partial charge in [0.15, 0.2) is 0 Å². The zero-order valence-electron chi connectivity index (χ0n) is 10.6. The molecule has 4 nitrogen and oxygen atoms in total. The summed E-state index contributed by atoms with van der Waals surface area (Å²) in [6.45, 7) is 2.30. The first-order chi connectivity index (χ1) is 8.88. The number of sulfonamides is 1. The van der Waals surface area contributed by atoms with Crippen molar-refractivity contribution in [3.63, 3.8) is 0 Å². The quantitative estimate of drug-likeness (QED) is 0.900. The lowest BCUT2D eigenvalue weighted by Gasteiger charge is -2.13. The number of halogens is 2. The molecule has 1 atom stereocenters. The van der Waals surface area contributed by atoms with Crippen LogP contribution in [-0.4, -0.2) is 40.0 Å². The van der Waals surface area contributed by atoms with Crippen LogP contribution in [0, 0.1) is 11.7 Å². The van der Waals surface area contributed by atoms with Crippen molar-refractivity contribution in [2.45, 2.75) is 11.3 Å². The van der Waals surface area contributed by atoms with Crippen LogP contribution in [0.5, 0.6) is 0 Å². The van der Waals surface area contributed by atoms with Crippen molar-refractivity contribution in [1.29, 1.82) is 0 Å². The minimum atomic E-state index is -3.59. The Balaban J connectivity index is 2.06. The van der Waals surface area contributed by atoms with Crippen molar-refractivity contribution in [3.05, 3.63) is 28.5 Å². The maximum atomic E-state index is 13.0. The Bertz CT molecular complexity index is 565. The van der Waals surface area contributed by atoms with E-state index in [0.717, 1.165) is 31.6 Å². The molecule has 106 valence electrons. The molecule has 0 aromatic heterocycles. The molecule has 7 heteroatoms. The summed E-state index contributed by atoms with van der Waals surface area (Å²) in [6, 6.07) is 3.56. The van der Waals surface area contributed by atoms with Gasteiger partial charge in [-0.1, -0.05) is 0 Å². The lowest BCUT2D eigenvalue weighted by Crippen LogP contribution is -2.30. The van der Waals surface area contributed by atoms with Crippen LogP contribution in [0.4, 0.5) is 4.39 Å². The van der Waals surface area contributed by atoms with Crippen LogP contribution >= 0.6 is 15.9 Å². The Hall–Kier alpha value is -0.500. The first-order valence-corrected chi connectivity index (χ1v) is 8.29. The zero-order valence-corrected chi connectivity index (χ0v) is 13.0. The minimum Gasteiger partial charge on any atom is -0.306 e. The van der Waals surface area contributed by atoms with Crippen molar-refractivity contribution in [1.82, 2.24) is 9.62 Å². The SMILES string of the molecule is CN1CCC(CNS(=O)(=O)c2ccc(F)cc2Br)C1. The highest BCUT2D eigenvalue weighted by Crippen LogP contribution is 2.23. The Kier molecular flexibility index (Phi) is 4.60. The fourth-order valence-electron chi connectivity index (χ4n) is 2.19. The number of benzene rings is 1. The Morgan fingerprint density at radius 1 is 1.53 bits per heavy atom. The molecule has 1 unspecified atom stereocenters. The highest BCUT2D eigenvalue weighted by Gasteiger charge is 2.23. The van der Waals surface area contributed by atoms with Crippen LogP contribution in [0.3, 0.4) is 0 Å². The predicted molar refractivity (Wildman–Crippen MR) is 74.9 cm³/mol. The van der Waals surface area contributed by atoms with Crippen LogP contribution in [0.1, 0.15) is 6.42 Å². The van der Waals surface area contributed by atoms with Crippen LogP contribution in [0.2, 0.25) is 0 Å². The zero-order chi connectivity index (χ0) is 14.0. The number of rotatable bonds is 4. The van der Waals surface area contributed by atoms with Gasteiger partial charge in [-0.2, -0.15) is 0 Å². The van der Waals surface area contributed by atoms with Gasteiger partial charge in [0.05, 0.1) is 4.90 Å². The van der Waals surface area contributed by atoms with E-state index in [2.05, 4.69) is 25.6 Å². The van der Waals surface area contributed by atoms with E-state index in [9.17, 15) is 12.8 Å². The van der Waals surface area contributed by atoms with Gasteiger partial charge in [-0.25, -0.2) is 17.5 Å². The summed E-state index contributed by atoms with van der Waals surface area (Å²) >= 11 is 3.08. The molecule has 19 heavy (non-hydrogen) atoms. The van der Waals surface area contributed by atoms with Crippen molar-refractivity contribution < 1.29 is 12.8 Å². The number of nitrogens with zero attached hydrogens (tertiary/aromatic N) is 1. The van der Waals surface area contributed by atoms with Gasteiger partial charge in [0.2, 0.25) is 10.0 Å². The third-order valence-corrected chi connectivity index (χ3v) is 5.63. The lowest BCUT2D eigenvalue weighted by molar-refractivity contribution is 0.394. The molecule has 1 N–H and O–H groups in total. The van der Waals surface area contributed by atoms with Crippen molar-refractivity contribution in [3.8, 4) is 0 Å². The summed E-state index contributed by atoms with van der Waals surface area (Å²) in [5.74, 6) is -0.137. The molecule has 0 radical (unpaired) electrons. The lowest BCUT2D eigenvalue weighted by atomic mass is 10.1. The summed E-state index contributed by atoms with van der Waals surface area (Å²) in [5.41, 5.74) is 0. The third-order valence-electron chi connectivity index (χ3n) is 3.23.